The molecular formula is C15H13NO3. The Morgan fingerprint density at radius 2 is 1.84 bits per heavy atom. The molecule has 0 spiro atoms. The van der Waals surface area contributed by atoms with E-state index in [-0.39, 0.29) is 5.78 Å². The van der Waals surface area contributed by atoms with Crippen LogP contribution in [0.25, 0.3) is 0 Å². The molecule has 0 aliphatic carbocycles. The van der Waals surface area contributed by atoms with Crippen LogP contribution in [-0.2, 0) is 16.8 Å². The minimum Gasteiger partial charge on any atom is -0.480 e. The Bertz CT molecular complexity index is 644. The topological polar surface area (TPSA) is 59.3 Å². The van der Waals surface area contributed by atoms with E-state index in [1.54, 1.807) is 36.4 Å². The number of fused-ring (bicyclic) bond motifs is 1. The minimum atomic E-state index is -1.44. The van der Waals surface area contributed by atoms with Gasteiger partial charge in [-0.3, -0.25) is 9.59 Å². The summed E-state index contributed by atoms with van der Waals surface area (Å²) in [6.07, 6.45) is 2.13. The predicted molar refractivity (Wildman–Crippen MR) is 69.1 cm³/mol. The van der Waals surface area contributed by atoms with Gasteiger partial charge < -0.3 is 9.67 Å². The molecule has 4 nitrogen and oxygen atoms in total. The van der Waals surface area contributed by atoms with Crippen molar-refractivity contribution in [1.82, 2.24) is 4.57 Å². The van der Waals surface area contributed by atoms with Gasteiger partial charge in [0.15, 0.2) is 11.2 Å². The second-order valence-electron chi connectivity index (χ2n) is 4.74. The number of nitrogens with zero attached hydrogens (tertiary/aromatic N) is 1. The van der Waals surface area contributed by atoms with Gasteiger partial charge in [-0.1, -0.05) is 30.3 Å². The monoisotopic (exact) mass is 255 g/mol. The summed E-state index contributed by atoms with van der Waals surface area (Å²) in [6, 6.07) is 12.1. The molecule has 96 valence electrons. The lowest BCUT2D eigenvalue weighted by Gasteiger charge is -2.22. The van der Waals surface area contributed by atoms with Gasteiger partial charge >= 0.3 is 5.97 Å². The van der Waals surface area contributed by atoms with E-state index >= 15 is 0 Å². The van der Waals surface area contributed by atoms with Crippen LogP contribution in [0.4, 0.5) is 0 Å². The van der Waals surface area contributed by atoms with Gasteiger partial charge in [0.1, 0.15) is 0 Å². The number of rotatable bonds is 3. The van der Waals surface area contributed by atoms with E-state index in [9.17, 15) is 14.7 Å². The highest BCUT2D eigenvalue weighted by Gasteiger charge is 2.52. The Balaban J connectivity index is 2.15. The van der Waals surface area contributed by atoms with E-state index < -0.39 is 11.4 Å². The van der Waals surface area contributed by atoms with Crippen molar-refractivity contribution >= 4 is 11.8 Å². The maximum Gasteiger partial charge on any atom is 0.323 e. The number of carboxylic acids is 1. The Morgan fingerprint density at radius 3 is 2.53 bits per heavy atom. The Kier molecular flexibility index (Phi) is 2.52. The molecule has 1 aromatic heterocycles. The summed E-state index contributed by atoms with van der Waals surface area (Å²) in [5.74, 6) is -1.41. The first kappa shape index (κ1) is 11.7. The number of Topliss-reactive ketones (excluding diaryl/α,β-unsaturated/α-hetero) is 1. The van der Waals surface area contributed by atoms with E-state index in [1.807, 2.05) is 16.8 Å². The molecule has 0 amide bonds. The van der Waals surface area contributed by atoms with Crippen molar-refractivity contribution in [3.8, 4) is 0 Å². The van der Waals surface area contributed by atoms with Gasteiger partial charge in [0, 0.05) is 24.0 Å². The van der Waals surface area contributed by atoms with Crippen LogP contribution in [0.5, 0.6) is 0 Å². The summed E-state index contributed by atoms with van der Waals surface area (Å²) >= 11 is 0. The highest BCUT2D eigenvalue weighted by molar-refractivity contribution is 6.16. The lowest BCUT2D eigenvalue weighted by molar-refractivity contribution is -0.141. The molecule has 1 atom stereocenters. The first-order valence-corrected chi connectivity index (χ1v) is 6.15. The van der Waals surface area contributed by atoms with E-state index in [2.05, 4.69) is 0 Å². The summed E-state index contributed by atoms with van der Waals surface area (Å²) < 4.78 is 1.84. The van der Waals surface area contributed by atoms with Crippen LogP contribution in [0.15, 0.2) is 48.7 Å². The molecule has 0 unspecified atom stereocenters. The van der Waals surface area contributed by atoms with Crippen molar-refractivity contribution in [2.24, 2.45) is 0 Å². The van der Waals surface area contributed by atoms with Gasteiger partial charge in [-0.15, -0.1) is 0 Å². The second-order valence-corrected chi connectivity index (χ2v) is 4.74. The van der Waals surface area contributed by atoms with Crippen LogP contribution >= 0.6 is 0 Å². The molecule has 2 aromatic rings. The lowest BCUT2D eigenvalue weighted by Crippen LogP contribution is -2.42. The van der Waals surface area contributed by atoms with Crippen molar-refractivity contribution < 1.29 is 14.7 Å². The molecule has 0 saturated carbocycles. The van der Waals surface area contributed by atoms with Crippen LogP contribution in [-0.4, -0.2) is 21.4 Å². The number of benzene rings is 1. The summed E-state index contributed by atoms with van der Waals surface area (Å²) in [4.78, 5) is 24.4. The number of hydrogen-bond donors (Lipinski definition) is 1. The molecule has 2 heterocycles. The summed E-state index contributed by atoms with van der Waals surface area (Å²) in [7, 11) is 0. The van der Waals surface area contributed by atoms with Gasteiger partial charge in [-0.05, 0) is 18.6 Å². The summed E-state index contributed by atoms with van der Waals surface area (Å²) in [5, 5.41) is 9.63. The number of aromatic nitrogens is 1. The zero-order valence-electron chi connectivity index (χ0n) is 10.2. The number of carbonyl (C=O) groups is 2. The van der Waals surface area contributed by atoms with E-state index in [0.717, 1.165) is 0 Å². The Hall–Kier alpha value is -2.36. The summed E-state index contributed by atoms with van der Waals surface area (Å²) in [6.45, 7) is 0.563. The molecule has 0 fully saturated rings. The zero-order chi connectivity index (χ0) is 13.5. The van der Waals surface area contributed by atoms with Gasteiger partial charge in [-0.2, -0.15) is 0 Å². The standard InChI is InChI=1S/C15H13NO3/c17-13(11-5-2-1-3-6-11)15(14(18)19)8-10-16-9-4-7-12(15)16/h1-7,9H,8,10H2,(H,18,19)/t15-/m0/s1. The third kappa shape index (κ3) is 1.53. The van der Waals surface area contributed by atoms with Crippen molar-refractivity contribution in [3.05, 3.63) is 59.9 Å². The fourth-order valence-electron chi connectivity index (χ4n) is 2.79. The van der Waals surface area contributed by atoms with Crippen LogP contribution < -0.4 is 0 Å². The number of aryl methyl sites for hydroxylation is 1. The maximum atomic E-state index is 12.7. The van der Waals surface area contributed by atoms with Crippen LogP contribution in [0, 0.1) is 0 Å². The molecule has 1 aliphatic heterocycles. The van der Waals surface area contributed by atoms with Crippen molar-refractivity contribution in [3.63, 3.8) is 0 Å². The van der Waals surface area contributed by atoms with Crippen molar-refractivity contribution in [2.45, 2.75) is 18.4 Å². The molecule has 4 heteroatoms. The number of hydrogen-bond acceptors (Lipinski definition) is 2. The SMILES string of the molecule is O=C(O)[C@@]1(C(=O)c2ccccc2)CCn2cccc21. The number of carbonyl (C=O) groups excluding carboxylic acids is 1. The smallest absolute Gasteiger partial charge is 0.323 e. The second kappa shape index (κ2) is 4.09. The molecule has 1 aliphatic rings. The minimum absolute atomic E-state index is 0.312. The van der Waals surface area contributed by atoms with Crippen molar-refractivity contribution in [1.29, 1.82) is 0 Å². The highest BCUT2D eigenvalue weighted by Crippen LogP contribution is 2.38. The predicted octanol–water partition coefficient (Wildman–Crippen LogP) is 2.10. The van der Waals surface area contributed by atoms with Gasteiger partial charge in [0.2, 0.25) is 0 Å². The average molecular weight is 255 g/mol. The first-order valence-electron chi connectivity index (χ1n) is 6.15. The molecule has 0 saturated heterocycles. The van der Waals surface area contributed by atoms with E-state index in [4.69, 9.17) is 0 Å². The molecule has 19 heavy (non-hydrogen) atoms. The fraction of sp³-hybridized carbons (Fsp3) is 0.200. The zero-order valence-corrected chi connectivity index (χ0v) is 10.2. The van der Waals surface area contributed by atoms with Gasteiger partial charge in [-0.25, -0.2) is 0 Å². The molecule has 0 bridgehead atoms. The van der Waals surface area contributed by atoms with Crippen LogP contribution in [0.1, 0.15) is 22.5 Å². The first-order chi connectivity index (χ1) is 9.16. The molecular weight excluding hydrogens is 242 g/mol. The fourth-order valence-corrected chi connectivity index (χ4v) is 2.79. The van der Waals surface area contributed by atoms with Crippen LogP contribution in [0.3, 0.4) is 0 Å². The third-order valence-corrected chi connectivity index (χ3v) is 3.78. The van der Waals surface area contributed by atoms with Gasteiger partial charge in [0.05, 0.1) is 0 Å². The molecule has 0 radical (unpaired) electrons. The van der Waals surface area contributed by atoms with Gasteiger partial charge in [0.25, 0.3) is 0 Å². The normalized spacial score (nSPS) is 21.1. The Morgan fingerprint density at radius 1 is 1.11 bits per heavy atom. The largest absolute Gasteiger partial charge is 0.480 e. The summed E-state index contributed by atoms with van der Waals surface area (Å²) in [5.41, 5.74) is -0.418. The molecule has 1 N–H and O–H groups in total. The molecule has 1 aromatic carbocycles. The molecule has 3 rings (SSSR count). The number of carboxylic acid groups (broad SMARTS) is 1. The van der Waals surface area contributed by atoms with E-state index in [1.165, 1.54) is 0 Å². The number of ketones is 1. The third-order valence-electron chi connectivity index (χ3n) is 3.78. The maximum absolute atomic E-state index is 12.7. The number of aliphatic carboxylic acids is 1. The van der Waals surface area contributed by atoms with Crippen molar-refractivity contribution in [2.75, 3.05) is 0 Å². The van der Waals surface area contributed by atoms with Crippen LogP contribution in [0.2, 0.25) is 0 Å². The van der Waals surface area contributed by atoms with E-state index in [0.29, 0.717) is 24.2 Å². The quantitative estimate of drug-likeness (QED) is 0.675. The average Bonchev–Trinajstić information content (AvgIpc) is 3.00. The lowest BCUT2D eigenvalue weighted by atomic mass is 9.76. The Labute approximate surface area is 110 Å². The highest BCUT2D eigenvalue weighted by atomic mass is 16.4.